The molecule has 2 nitrogen and oxygen atoms in total. The lowest BCUT2D eigenvalue weighted by atomic mass is 10.0. The molecule has 72 valence electrons. The molecule has 13 heavy (non-hydrogen) atoms. The van der Waals surface area contributed by atoms with Gasteiger partial charge >= 0.3 is 0 Å². The van der Waals surface area contributed by atoms with E-state index in [2.05, 4.69) is 0 Å². The quantitative estimate of drug-likeness (QED) is 0.776. The first-order chi connectivity index (χ1) is 6.07. The normalized spacial score (nSPS) is 12.9. The van der Waals surface area contributed by atoms with Crippen molar-refractivity contribution >= 4 is 11.6 Å². The van der Waals surface area contributed by atoms with E-state index in [9.17, 15) is 9.50 Å². The number of halogens is 2. The van der Waals surface area contributed by atoms with E-state index >= 15 is 0 Å². The molecule has 1 unspecified atom stereocenters. The van der Waals surface area contributed by atoms with E-state index in [1.807, 2.05) is 6.92 Å². The highest BCUT2D eigenvalue weighted by atomic mass is 35.5. The summed E-state index contributed by atoms with van der Waals surface area (Å²) < 4.78 is 13.1. The maximum atomic E-state index is 13.1. The van der Waals surface area contributed by atoms with Crippen LogP contribution in [0.3, 0.4) is 0 Å². The smallest absolute Gasteiger partial charge is 0.183 e. The van der Waals surface area contributed by atoms with Crippen molar-refractivity contribution in [3.05, 3.63) is 28.5 Å². The third-order valence-corrected chi connectivity index (χ3v) is 2.23. The molecule has 0 spiro atoms. The summed E-state index contributed by atoms with van der Waals surface area (Å²) in [4.78, 5) is 0. The number of hydrogen-bond donors (Lipinski definition) is 2. The number of rotatable bonds is 2. The Labute approximate surface area is 81.1 Å². The molecule has 0 aromatic heterocycles. The van der Waals surface area contributed by atoms with Gasteiger partial charge in [-0.3, -0.25) is 0 Å². The van der Waals surface area contributed by atoms with Gasteiger partial charge in [0.05, 0.1) is 5.02 Å². The van der Waals surface area contributed by atoms with Gasteiger partial charge in [-0.1, -0.05) is 24.6 Å². The van der Waals surface area contributed by atoms with Crippen molar-refractivity contribution in [3.8, 4) is 5.75 Å². The molecule has 0 fully saturated rings. The second-order valence-corrected chi connectivity index (χ2v) is 3.22. The van der Waals surface area contributed by atoms with Crippen LogP contribution >= 0.6 is 11.6 Å². The van der Waals surface area contributed by atoms with Crippen LogP contribution in [0.4, 0.5) is 4.39 Å². The zero-order valence-corrected chi connectivity index (χ0v) is 7.98. The second kappa shape index (κ2) is 3.94. The number of benzene rings is 1. The van der Waals surface area contributed by atoms with Crippen LogP contribution in [-0.2, 0) is 0 Å². The van der Waals surface area contributed by atoms with Crippen molar-refractivity contribution < 1.29 is 9.50 Å². The minimum absolute atomic E-state index is 0.0930. The fourth-order valence-electron chi connectivity index (χ4n) is 1.07. The third kappa shape index (κ3) is 1.92. The van der Waals surface area contributed by atoms with E-state index in [0.717, 1.165) is 0 Å². The Morgan fingerprint density at radius 3 is 2.77 bits per heavy atom. The summed E-state index contributed by atoms with van der Waals surface area (Å²) in [5.41, 5.74) is 6.04. The molecule has 0 bridgehead atoms. The monoisotopic (exact) mass is 203 g/mol. The second-order valence-electron chi connectivity index (χ2n) is 2.81. The Kier molecular flexibility index (Phi) is 3.12. The van der Waals surface area contributed by atoms with Crippen molar-refractivity contribution in [3.63, 3.8) is 0 Å². The fourth-order valence-corrected chi connectivity index (χ4v) is 1.23. The van der Waals surface area contributed by atoms with Crippen LogP contribution in [-0.4, -0.2) is 5.11 Å². The Hall–Kier alpha value is -0.800. The molecule has 1 rings (SSSR count). The summed E-state index contributed by atoms with van der Waals surface area (Å²) in [5.74, 6) is -1.25. The van der Waals surface area contributed by atoms with Crippen molar-refractivity contribution in [1.29, 1.82) is 0 Å². The molecule has 1 aromatic carbocycles. The topological polar surface area (TPSA) is 46.2 Å². The maximum Gasteiger partial charge on any atom is 0.183 e. The van der Waals surface area contributed by atoms with Crippen LogP contribution < -0.4 is 5.73 Å². The summed E-state index contributed by atoms with van der Waals surface area (Å²) in [6, 6.07) is 2.57. The lowest BCUT2D eigenvalue weighted by molar-refractivity contribution is 0.420. The highest BCUT2D eigenvalue weighted by Gasteiger charge is 2.14. The Morgan fingerprint density at radius 1 is 1.62 bits per heavy atom. The van der Waals surface area contributed by atoms with Crippen molar-refractivity contribution in [2.45, 2.75) is 19.4 Å². The number of phenols is 1. The molecule has 0 heterocycles. The third-order valence-electron chi connectivity index (χ3n) is 1.94. The summed E-state index contributed by atoms with van der Waals surface area (Å²) in [6.07, 6.45) is 0.634. The lowest BCUT2D eigenvalue weighted by Crippen LogP contribution is -2.09. The zero-order valence-electron chi connectivity index (χ0n) is 7.22. The first kappa shape index (κ1) is 10.3. The fraction of sp³-hybridized carbons (Fsp3) is 0.333. The van der Waals surface area contributed by atoms with Gasteiger partial charge in [0.2, 0.25) is 0 Å². The van der Waals surface area contributed by atoms with Crippen LogP contribution in [0.15, 0.2) is 12.1 Å². The van der Waals surface area contributed by atoms with Gasteiger partial charge in [-0.2, -0.15) is 0 Å². The zero-order chi connectivity index (χ0) is 10.0. The molecule has 0 aliphatic carbocycles. The van der Waals surface area contributed by atoms with Crippen LogP contribution in [0.25, 0.3) is 0 Å². The molecule has 3 N–H and O–H groups in total. The Balaban J connectivity index is 3.18. The summed E-state index contributed by atoms with van der Waals surface area (Å²) in [5, 5.41) is 9.25. The van der Waals surface area contributed by atoms with Gasteiger partial charge in [-0.15, -0.1) is 0 Å². The minimum Gasteiger partial charge on any atom is -0.505 e. The molecule has 1 aromatic rings. The minimum atomic E-state index is -0.803. The van der Waals surface area contributed by atoms with E-state index in [1.54, 1.807) is 0 Å². The lowest BCUT2D eigenvalue weighted by Gasteiger charge is -2.11. The molecular weight excluding hydrogens is 193 g/mol. The van der Waals surface area contributed by atoms with Crippen molar-refractivity contribution in [2.24, 2.45) is 5.73 Å². The van der Waals surface area contributed by atoms with Gasteiger partial charge in [0, 0.05) is 11.6 Å². The van der Waals surface area contributed by atoms with Crippen LogP contribution in [0.5, 0.6) is 5.75 Å². The van der Waals surface area contributed by atoms with Gasteiger partial charge in [-0.25, -0.2) is 4.39 Å². The van der Waals surface area contributed by atoms with Gasteiger partial charge in [0.15, 0.2) is 11.6 Å². The SMILES string of the molecule is CCC(N)c1ccc(Cl)c(F)c1O. The summed E-state index contributed by atoms with van der Waals surface area (Å²) in [6.45, 7) is 1.86. The van der Waals surface area contributed by atoms with E-state index in [4.69, 9.17) is 17.3 Å². The van der Waals surface area contributed by atoms with Gasteiger partial charge in [0.25, 0.3) is 0 Å². The van der Waals surface area contributed by atoms with Crippen molar-refractivity contribution in [2.75, 3.05) is 0 Å². The van der Waals surface area contributed by atoms with E-state index in [-0.39, 0.29) is 11.1 Å². The van der Waals surface area contributed by atoms with Crippen molar-refractivity contribution in [1.82, 2.24) is 0 Å². The molecule has 0 saturated carbocycles. The van der Waals surface area contributed by atoms with Crippen LogP contribution in [0, 0.1) is 5.82 Å². The van der Waals surface area contributed by atoms with E-state index in [1.165, 1.54) is 12.1 Å². The average molecular weight is 204 g/mol. The first-order valence-corrected chi connectivity index (χ1v) is 4.38. The first-order valence-electron chi connectivity index (χ1n) is 4.00. The van der Waals surface area contributed by atoms with Crippen LogP contribution in [0.2, 0.25) is 5.02 Å². The number of nitrogens with two attached hydrogens (primary N) is 1. The Bertz CT molecular complexity index is 317. The summed E-state index contributed by atoms with van der Waals surface area (Å²) >= 11 is 5.46. The molecule has 0 aliphatic rings. The molecule has 0 aliphatic heterocycles. The highest BCUT2D eigenvalue weighted by molar-refractivity contribution is 6.30. The number of aromatic hydroxyl groups is 1. The van der Waals surface area contributed by atoms with E-state index < -0.39 is 11.6 Å². The maximum absolute atomic E-state index is 13.1. The number of hydrogen-bond acceptors (Lipinski definition) is 2. The molecule has 1 atom stereocenters. The summed E-state index contributed by atoms with van der Waals surface area (Å²) in [7, 11) is 0. The predicted octanol–water partition coefficient (Wildman–Crippen LogP) is 2.59. The standard InChI is InChI=1S/C9H11ClFNO/c1-2-7(12)5-3-4-6(10)8(11)9(5)13/h3-4,7,13H,2,12H2,1H3. The molecule has 4 heteroatoms. The molecule has 0 saturated heterocycles. The number of phenolic OH excluding ortho intramolecular Hbond substituents is 1. The highest BCUT2D eigenvalue weighted by Crippen LogP contribution is 2.31. The molecule has 0 radical (unpaired) electrons. The predicted molar refractivity (Wildman–Crippen MR) is 50.3 cm³/mol. The van der Waals surface area contributed by atoms with Gasteiger partial charge < -0.3 is 10.8 Å². The van der Waals surface area contributed by atoms with E-state index in [0.29, 0.717) is 12.0 Å². The average Bonchev–Trinajstić information content (AvgIpc) is 2.13. The molecular formula is C9H11ClFNO. The van der Waals surface area contributed by atoms with Gasteiger partial charge in [-0.05, 0) is 12.5 Å². The molecule has 0 amide bonds. The van der Waals surface area contributed by atoms with Crippen LogP contribution in [0.1, 0.15) is 24.9 Å². The Morgan fingerprint density at radius 2 is 2.23 bits per heavy atom. The van der Waals surface area contributed by atoms with Gasteiger partial charge in [0.1, 0.15) is 0 Å². The largest absolute Gasteiger partial charge is 0.505 e.